The van der Waals surface area contributed by atoms with E-state index < -0.39 is 18.3 Å². The monoisotopic (exact) mass is 473 g/mol. The Balaban J connectivity index is 1.55. The van der Waals surface area contributed by atoms with Crippen LogP contribution in [0, 0.1) is 0 Å². The van der Waals surface area contributed by atoms with Crippen LogP contribution in [0.25, 0.3) is 11.3 Å². The fraction of sp³-hybridized carbons (Fsp3) is 0.182. The van der Waals surface area contributed by atoms with Crippen molar-refractivity contribution in [1.82, 2.24) is 24.9 Å². The van der Waals surface area contributed by atoms with Gasteiger partial charge in [-0.2, -0.15) is 17.6 Å². The average Bonchev–Trinajstić information content (AvgIpc) is 3.34. The standard InChI is InChI=1S/C22H19F4N7O/c1-2-33(21-29-10-11-30-21)18-12-14(6-8-27-18)17-7-9-28-20(32-17)31-15-4-3-5-16(13-15)34-22(25,26)19(23)24/h3-13,19H,2H2,1H3,(H,29,30)(H,28,31,32). The second kappa shape index (κ2) is 9.73. The molecule has 1 aromatic carbocycles. The third-order valence-corrected chi connectivity index (χ3v) is 4.63. The zero-order valence-corrected chi connectivity index (χ0v) is 17.8. The van der Waals surface area contributed by atoms with Crippen molar-refractivity contribution < 1.29 is 22.3 Å². The van der Waals surface area contributed by atoms with Crippen LogP contribution in [0.4, 0.5) is 41.0 Å². The second-order valence-electron chi connectivity index (χ2n) is 6.94. The van der Waals surface area contributed by atoms with Crippen LogP contribution in [-0.2, 0) is 0 Å². The van der Waals surface area contributed by atoms with E-state index in [9.17, 15) is 17.6 Å². The first-order valence-electron chi connectivity index (χ1n) is 10.1. The molecule has 0 spiro atoms. The fourth-order valence-corrected chi connectivity index (χ4v) is 3.10. The zero-order valence-electron chi connectivity index (χ0n) is 17.8. The SMILES string of the molecule is CCN(c1cc(-c2ccnc(Nc3cccc(OC(F)(F)C(F)F)c3)n2)ccn1)c1ncc[nH]1. The summed E-state index contributed by atoms with van der Waals surface area (Å²) in [6.07, 6.45) is -2.01. The molecule has 4 rings (SSSR count). The molecular weight excluding hydrogens is 454 g/mol. The Bertz CT molecular complexity index is 1240. The molecule has 0 aliphatic rings. The lowest BCUT2D eigenvalue weighted by Gasteiger charge is -2.19. The number of ether oxygens (including phenoxy) is 1. The first-order valence-corrected chi connectivity index (χ1v) is 10.1. The molecule has 0 saturated heterocycles. The van der Waals surface area contributed by atoms with Crippen molar-refractivity contribution in [1.29, 1.82) is 0 Å². The number of pyridine rings is 1. The molecule has 3 heterocycles. The van der Waals surface area contributed by atoms with E-state index >= 15 is 0 Å². The van der Waals surface area contributed by atoms with Crippen molar-refractivity contribution in [3.8, 4) is 17.0 Å². The van der Waals surface area contributed by atoms with Gasteiger partial charge in [0.05, 0.1) is 5.69 Å². The van der Waals surface area contributed by atoms with Crippen LogP contribution >= 0.6 is 0 Å². The highest BCUT2D eigenvalue weighted by Gasteiger charge is 2.44. The Kier molecular flexibility index (Phi) is 6.57. The first kappa shape index (κ1) is 23.0. The summed E-state index contributed by atoms with van der Waals surface area (Å²) in [5, 5.41) is 2.86. The smallest absolute Gasteiger partial charge is 0.428 e. The van der Waals surface area contributed by atoms with Gasteiger partial charge in [0.25, 0.3) is 0 Å². The lowest BCUT2D eigenvalue weighted by Crippen LogP contribution is -2.33. The van der Waals surface area contributed by atoms with Gasteiger partial charge in [-0.15, -0.1) is 0 Å². The van der Waals surface area contributed by atoms with Gasteiger partial charge in [0, 0.05) is 48.6 Å². The molecule has 0 saturated carbocycles. The van der Waals surface area contributed by atoms with E-state index in [1.165, 1.54) is 18.3 Å². The lowest BCUT2D eigenvalue weighted by atomic mass is 10.2. The van der Waals surface area contributed by atoms with Gasteiger partial charge in [0.1, 0.15) is 11.6 Å². The zero-order chi connectivity index (χ0) is 24.1. The van der Waals surface area contributed by atoms with E-state index in [0.717, 1.165) is 17.7 Å². The minimum absolute atomic E-state index is 0.173. The van der Waals surface area contributed by atoms with Crippen LogP contribution in [0.3, 0.4) is 0 Å². The normalized spacial score (nSPS) is 11.5. The van der Waals surface area contributed by atoms with Gasteiger partial charge in [-0.3, -0.25) is 4.90 Å². The summed E-state index contributed by atoms with van der Waals surface area (Å²) in [5.74, 6) is 1.06. The summed E-state index contributed by atoms with van der Waals surface area (Å²) in [4.78, 5) is 22.2. The first-order chi connectivity index (χ1) is 16.4. The second-order valence-corrected chi connectivity index (χ2v) is 6.94. The van der Waals surface area contributed by atoms with Gasteiger partial charge >= 0.3 is 12.5 Å². The van der Waals surface area contributed by atoms with Crippen LogP contribution < -0.4 is 15.0 Å². The average molecular weight is 473 g/mol. The van der Waals surface area contributed by atoms with Crippen molar-refractivity contribution in [2.45, 2.75) is 19.5 Å². The predicted molar refractivity (Wildman–Crippen MR) is 118 cm³/mol. The molecule has 2 N–H and O–H groups in total. The number of alkyl halides is 4. The molecular formula is C22H19F4N7O. The number of H-pyrrole nitrogens is 1. The molecule has 8 nitrogen and oxygen atoms in total. The van der Waals surface area contributed by atoms with Gasteiger partial charge in [-0.1, -0.05) is 6.07 Å². The molecule has 0 atom stereocenters. The van der Waals surface area contributed by atoms with Crippen molar-refractivity contribution in [2.75, 3.05) is 16.8 Å². The number of nitrogens with zero attached hydrogens (tertiary/aromatic N) is 5. The molecule has 0 bridgehead atoms. The van der Waals surface area contributed by atoms with Crippen molar-refractivity contribution >= 4 is 23.4 Å². The fourth-order valence-electron chi connectivity index (χ4n) is 3.10. The summed E-state index contributed by atoms with van der Waals surface area (Å²) in [6.45, 7) is 2.60. The molecule has 0 aliphatic carbocycles. The number of halogens is 4. The third-order valence-electron chi connectivity index (χ3n) is 4.63. The maximum atomic E-state index is 13.2. The predicted octanol–water partition coefficient (Wildman–Crippen LogP) is 5.40. The van der Waals surface area contributed by atoms with Crippen LogP contribution in [0.1, 0.15) is 6.92 Å². The molecule has 176 valence electrons. The molecule has 4 aromatic rings. The minimum atomic E-state index is -4.60. The summed E-state index contributed by atoms with van der Waals surface area (Å²) >= 11 is 0. The van der Waals surface area contributed by atoms with Crippen LogP contribution in [0.15, 0.2) is 67.3 Å². The molecule has 12 heteroatoms. The van der Waals surface area contributed by atoms with Gasteiger partial charge in [0.15, 0.2) is 0 Å². The van der Waals surface area contributed by atoms with Crippen molar-refractivity contribution in [3.05, 3.63) is 67.3 Å². The molecule has 3 aromatic heterocycles. The molecule has 0 unspecified atom stereocenters. The largest absolute Gasteiger partial charge is 0.461 e. The Morgan fingerprint density at radius 3 is 2.62 bits per heavy atom. The van der Waals surface area contributed by atoms with Gasteiger partial charge in [0.2, 0.25) is 11.9 Å². The number of hydrogen-bond donors (Lipinski definition) is 2. The van der Waals surface area contributed by atoms with E-state index in [0.29, 0.717) is 24.0 Å². The number of benzene rings is 1. The van der Waals surface area contributed by atoms with Gasteiger partial charge < -0.3 is 15.0 Å². The van der Waals surface area contributed by atoms with E-state index in [4.69, 9.17) is 0 Å². The summed E-state index contributed by atoms with van der Waals surface area (Å²) in [5.41, 5.74) is 1.62. The van der Waals surface area contributed by atoms with Crippen LogP contribution in [0.2, 0.25) is 0 Å². The summed E-state index contributed by atoms with van der Waals surface area (Å²) in [7, 11) is 0. The quantitative estimate of drug-likeness (QED) is 0.315. The van der Waals surface area contributed by atoms with E-state index in [-0.39, 0.29) is 11.6 Å². The number of anilines is 4. The number of aromatic amines is 1. The Labute approximate surface area is 191 Å². The molecule has 0 amide bonds. The lowest BCUT2D eigenvalue weighted by molar-refractivity contribution is -0.253. The highest BCUT2D eigenvalue weighted by Crippen LogP contribution is 2.30. The Morgan fingerprint density at radius 2 is 1.88 bits per heavy atom. The Hall–Kier alpha value is -4.22. The van der Waals surface area contributed by atoms with Gasteiger partial charge in [-0.05, 0) is 37.3 Å². The number of rotatable bonds is 9. The molecule has 0 aliphatic heterocycles. The maximum Gasteiger partial charge on any atom is 0.461 e. The highest BCUT2D eigenvalue weighted by atomic mass is 19.3. The van der Waals surface area contributed by atoms with Crippen LogP contribution in [-0.4, -0.2) is 44.0 Å². The molecule has 34 heavy (non-hydrogen) atoms. The van der Waals surface area contributed by atoms with Crippen molar-refractivity contribution in [2.24, 2.45) is 0 Å². The summed E-state index contributed by atoms with van der Waals surface area (Å²) < 4.78 is 55.4. The maximum absolute atomic E-state index is 13.2. The van der Waals surface area contributed by atoms with E-state index in [1.54, 1.807) is 30.7 Å². The topological polar surface area (TPSA) is 91.8 Å². The number of hydrogen-bond acceptors (Lipinski definition) is 7. The third kappa shape index (κ3) is 5.22. The minimum Gasteiger partial charge on any atom is -0.428 e. The molecule has 0 radical (unpaired) electrons. The number of nitrogens with one attached hydrogen (secondary N) is 2. The van der Waals surface area contributed by atoms with E-state index in [1.807, 2.05) is 17.9 Å². The Morgan fingerprint density at radius 1 is 1.06 bits per heavy atom. The van der Waals surface area contributed by atoms with Gasteiger partial charge in [-0.25, -0.2) is 19.9 Å². The number of aromatic nitrogens is 5. The van der Waals surface area contributed by atoms with Crippen LogP contribution in [0.5, 0.6) is 5.75 Å². The van der Waals surface area contributed by atoms with Crippen molar-refractivity contribution in [3.63, 3.8) is 0 Å². The summed E-state index contributed by atoms with van der Waals surface area (Å²) in [6, 6.07) is 10.6. The van der Waals surface area contributed by atoms with E-state index in [2.05, 4.69) is 35.0 Å². The highest BCUT2D eigenvalue weighted by molar-refractivity contribution is 5.67. The molecule has 0 fully saturated rings. The number of imidazole rings is 1.